The predicted octanol–water partition coefficient (Wildman–Crippen LogP) is 2.83. The van der Waals surface area contributed by atoms with Crippen molar-refractivity contribution >= 4 is 0 Å². The predicted molar refractivity (Wildman–Crippen MR) is 70.5 cm³/mol. The lowest BCUT2D eigenvalue weighted by molar-refractivity contribution is -0.143. The number of likely N-dealkylation sites (tertiary alicyclic amines) is 1. The maximum absolute atomic E-state index is 12.3. The smallest absolute Gasteiger partial charge is 0.401 e. The largest absolute Gasteiger partial charge is 0.469 e. The summed E-state index contributed by atoms with van der Waals surface area (Å²) in [7, 11) is 0. The molecule has 0 aromatic carbocycles. The van der Waals surface area contributed by atoms with E-state index in [0.29, 0.717) is 13.1 Å². The molecular formula is C14H21F3N2O. The van der Waals surface area contributed by atoms with Crippen molar-refractivity contribution in [2.24, 2.45) is 0 Å². The lowest BCUT2D eigenvalue weighted by atomic mass is 10.1. The molecule has 0 radical (unpaired) electrons. The first-order chi connectivity index (χ1) is 9.42. The van der Waals surface area contributed by atoms with E-state index in [-0.39, 0.29) is 12.1 Å². The molecule has 0 aliphatic carbocycles. The minimum atomic E-state index is -4.10. The van der Waals surface area contributed by atoms with E-state index in [2.05, 4.69) is 12.2 Å². The molecule has 3 nitrogen and oxygen atoms in total. The Morgan fingerprint density at radius 2 is 2.30 bits per heavy atom. The maximum Gasteiger partial charge on any atom is 0.401 e. The third-order valence-corrected chi connectivity index (χ3v) is 3.60. The van der Waals surface area contributed by atoms with Crippen LogP contribution in [0.1, 0.15) is 25.5 Å². The highest BCUT2D eigenvalue weighted by Gasteiger charge is 2.34. The van der Waals surface area contributed by atoms with Crippen molar-refractivity contribution in [1.82, 2.24) is 10.2 Å². The van der Waals surface area contributed by atoms with Crippen LogP contribution in [0, 0.1) is 0 Å². The Hall–Kier alpha value is -1.01. The second kappa shape index (κ2) is 6.63. The van der Waals surface area contributed by atoms with E-state index < -0.39 is 12.7 Å². The fraction of sp³-hybridized carbons (Fsp3) is 0.714. The summed E-state index contributed by atoms with van der Waals surface area (Å²) in [4.78, 5) is 1.47. The zero-order valence-electron chi connectivity index (χ0n) is 11.6. The molecule has 1 aliphatic heterocycles. The quantitative estimate of drug-likeness (QED) is 0.873. The maximum atomic E-state index is 12.3. The SMILES string of the molecule is C[C@H](CCc1ccco1)N[C@H]1CCN(CC(F)(F)F)C1. The van der Waals surface area contributed by atoms with Gasteiger partial charge >= 0.3 is 6.18 Å². The Bertz CT molecular complexity index is 392. The summed E-state index contributed by atoms with van der Waals surface area (Å²) >= 11 is 0. The number of aryl methyl sites for hydroxylation is 1. The van der Waals surface area contributed by atoms with Gasteiger partial charge in [-0.2, -0.15) is 13.2 Å². The number of hydrogen-bond acceptors (Lipinski definition) is 3. The highest BCUT2D eigenvalue weighted by atomic mass is 19.4. The van der Waals surface area contributed by atoms with Gasteiger partial charge in [0.05, 0.1) is 12.8 Å². The van der Waals surface area contributed by atoms with Gasteiger partial charge in [0.2, 0.25) is 0 Å². The fourth-order valence-corrected chi connectivity index (χ4v) is 2.67. The van der Waals surface area contributed by atoms with Crippen molar-refractivity contribution in [2.45, 2.75) is 44.4 Å². The molecule has 2 atom stereocenters. The molecule has 1 aliphatic rings. The molecular weight excluding hydrogens is 269 g/mol. The van der Waals surface area contributed by atoms with Crippen LogP contribution in [0.5, 0.6) is 0 Å². The normalized spacial score (nSPS) is 22.3. The lowest BCUT2D eigenvalue weighted by Gasteiger charge is -2.21. The van der Waals surface area contributed by atoms with Crippen LogP contribution in [0.25, 0.3) is 0 Å². The Balaban J connectivity index is 1.66. The zero-order valence-corrected chi connectivity index (χ0v) is 11.6. The van der Waals surface area contributed by atoms with Gasteiger partial charge in [0.1, 0.15) is 5.76 Å². The number of alkyl halides is 3. The lowest BCUT2D eigenvalue weighted by Crippen LogP contribution is -2.40. The van der Waals surface area contributed by atoms with Gasteiger partial charge in [0.15, 0.2) is 0 Å². The molecule has 20 heavy (non-hydrogen) atoms. The summed E-state index contributed by atoms with van der Waals surface area (Å²) in [5.41, 5.74) is 0. The first-order valence-electron chi connectivity index (χ1n) is 7.00. The van der Waals surface area contributed by atoms with Crippen molar-refractivity contribution < 1.29 is 17.6 Å². The van der Waals surface area contributed by atoms with Crippen molar-refractivity contribution in [1.29, 1.82) is 0 Å². The molecule has 0 amide bonds. The highest BCUT2D eigenvalue weighted by Crippen LogP contribution is 2.20. The summed E-state index contributed by atoms with van der Waals surface area (Å²) in [6.45, 7) is 2.26. The van der Waals surface area contributed by atoms with Crippen LogP contribution >= 0.6 is 0 Å². The first-order valence-corrected chi connectivity index (χ1v) is 7.00. The van der Waals surface area contributed by atoms with Gasteiger partial charge in [-0.25, -0.2) is 0 Å². The van der Waals surface area contributed by atoms with E-state index in [1.807, 2.05) is 12.1 Å². The van der Waals surface area contributed by atoms with Crippen LogP contribution in [0.4, 0.5) is 13.2 Å². The molecule has 0 spiro atoms. The molecule has 2 heterocycles. The molecule has 114 valence electrons. The molecule has 0 unspecified atom stereocenters. The van der Waals surface area contributed by atoms with E-state index in [1.54, 1.807) is 6.26 Å². The average Bonchev–Trinajstić information content (AvgIpc) is 2.96. The Morgan fingerprint density at radius 1 is 1.50 bits per heavy atom. The van der Waals surface area contributed by atoms with Crippen LogP contribution in [-0.4, -0.2) is 42.8 Å². The van der Waals surface area contributed by atoms with Crippen LogP contribution in [0.2, 0.25) is 0 Å². The number of hydrogen-bond donors (Lipinski definition) is 1. The number of nitrogens with one attached hydrogen (secondary N) is 1. The van der Waals surface area contributed by atoms with Crippen molar-refractivity contribution in [2.75, 3.05) is 19.6 Å². The molecule has 6 heteroatoms. The minimum Gasteiger partial charge on any atom is -0.469 e. The number of halogens is 3. The number of furan rings is 1. The molecule has 0 bridgehead atoms. The van der Waals surface area contributed by atoms with Crippen molar-refractivity contribution in [3.8, 4) is 0 Å². The summed E-state index contributed by atoms with van der Waals surface area (Å²) in [6.07, 6.45) is 0.101. The second-order valence-corrected chi connectivity index (χ2v) is 5.52. The number of rotatable bonds is 6. The molecule has 1 fully saturated rings. The molecule has 1 saturated heterocycles. The van der Waals surface area contributed by atoms with E-state index >= 15 is 0 Å². The Labute approximate surface area is 117 Å². The molecule has 1 N–H and O–H groups in total. The highest BCUT2D eigenvalue weighted by molar-refractivity contribution is 4.98. The van der Waals surface area contributed by atoms with Gasteiger partial charge in [-0.15, -0.1) is 0 Å². The molecule has 1 aromatic rings. The van der Waals surface area contributed by atoms with E-state index in [1.165, 1.54) is 4.90 Å². The topological polar surface area (TPSA) is 28.4 Å². The van der Waals surface area contributed by atoms with E-state index in [9.17, 15) is 13.2 Å². The van der Waals surface area contributed by atoms with Crippen LogP contribution in [0.15, 0.2) is 22.8 Å². The monoisotopic (exact) mass is 290 g/mol. The van der Waals surface area contributed by atoms with Gasteiger partial charge in [-0.05, 0) is 31.9 Å². The summed E-state index contributed by atoms with van der Waals surface area (Å²) in [5.74, 6) is 0.948. The van der Waals surface area contributed by atoms with Crippen LogP contribution in [0.3, 0.4) is 0 Å². The van der Waals surface area contributed by atoms with Crippen molar-refractivity contribution in [3.63, 3.8) is 0 Å². The minimum absolute atomic E-state index is 0.156. The third-order valence-electron chi connectivity index (χ3n) is 3.60. The summed E-state index contributed by atoms with van der Waals surface area (Å²) < 4.78 is 42.2. The molecule has 1 aromatic heterocycles. The number of nitrogens with zero attached hydrogens (tertiary/aromatic N) is 1. The standard InChI is InChI=1S/C14H21F3N2O/c1-11(4-5-13-3-2-8-20-13)18-12-6-7-19(9-12)10-14(15,16)17/h2-3,8,11-12,18H,4-7,9-10H2,1H3/t11-,12+/m1/s1. The fourth-order valence-electron chi connectivity index (χ4n) is 2.67. The van der Waals surface area contributed by atoms with E-state index in [4.69, 9.17) is 4.42 Å². The van der Waals surface area contributed by atoms with Gasteiger partial charge in [0.25, 0.3) is 0 Å². The Kier molecular flexibility index (Phi) is 5.10. The van der Waals surface area contributed by atoms with Gasteiger partial charge in [-0.3, -0.25) is 4.90 Å². The van der Waals surface area contributed by atoms with E-state index in [0.717, 1.165) is 25.0 Å². The summed E-state index contributed by atoms with van der Waals surface area (Å²) in [5, 5.41) is 3.41. The molecule has 0 saturated carbocycles. The summed E-state index contributed by atoms with van der Waals surface area (Å²) in [6, 6.07) is 4.23. The first kappa shape index (κ1) is 15.4. The second-order valence-electron chi connectivity index (χ2n) is 5.52. The van der Waals surface area contributed by atoms with Gasteiger partial charge in [0, 0.05) is 31.6 Å². The van der Waals surface area contributed by atoms with Gasteiger partial charge < -0.3 is 9.73 Å². The molecule has 2 rings (SSSR count). The Morgan fingerprint density at radius 3 is 2.95 bits per heavy atom. The van der Waals surface area contributed by atoms with Crippen molar-refractivity contribution in [3.05, 3.63) is 24.2 Å². The van der Waals surface area contributed by atoms with Gasteiger partial charge in [-0.1, -0.05) is 0 Å². The van der Waals surface area contributed by atoms with Crippen LogP contribution < -0.4 is 5.32 Å². The zero-order chi connectivity index (χ0) is 14.6. The average molecular weight is 290 g/mol. The van der Waals surface area contributed by atoms with Crippen LogP contribution in [-0.2, 0) is 6.42 Å². The third kappa shape index (κ3) is 5.17.